The highest BCUT2D eigenvalue weighted by Crippen LogP contribution is 2.26. The fourth-order valence-corrected chi connectivity index (χ4v) is 3.27. The van der Waals surface area contributed by atoms with E-state index in [-0.39, 0.29) is 24.8 Å². The molecule has 7 heteroatoms. The molecule has 2 heterocycles. The third kappa shape index (κ3) is 3.45. The Morgan fingerprint density at radius 3 is 3.09 bits per heavy atom. The topological polar surface area (TPSA) is 62.3 Å². The first-order valence-corrected chi connectivity index (χ1v) is 8.12. The standard InChI is InChI=1S/C15H14ClN3O2S/c16-11-3-1-2-10(6-11)15-18-12(9-22-15)7-14(21)19-5-4-17-13(20)8-19/h1-3,6,9H,4-5,7-8H2,(H,17,20). The van der Waals surface area contributed by atoms with Crippen LogP contribution in [0, 0.1) is 0 Å². The summed E-state index contributed by atoms with van der Waals surface area (Å²) in [6, 6.07) is 7.47. The van der Waals surface area contributed by atoms with Crippen molar-refractivity contribution in [2.75, 3.05) is 19.6 Å². The van der Waals surface area contributed by atoms with Gasteiger partial charge in [-0.3, -0.25) is 9.59 Å². The van der Waals surface area contributed by atoms with Crippen LogP contribution < -0.4 is 5.32 Å². The maximum atomic E-state index is 12.2. The van der Waals surface area contributed by atoms with Crippen LogP contribution in [0.4, 0.5) is 0 Å². The van der Waals surface area contributed by atoms with Gasteiger partial charge in [0.2, 0.25) is 11.8 Å². The summed E-state index contributed by atoms with van der Waals surface area (Å²) in [5.74, 6) is -0.185. The maximum absolute atomic E-state index is 12.2. The van der Waals surface area contributed by atoms with Gasteiger partial charge in [-0.1, -0.05) is 23.7 Å². The predicted octanol–water partition coefficient (Wildman–Crippen LogP) is 1.96. The van der Waals surface area contributed by atoms with Gasteiger partial charge in [-0.15, -0.1) is 11.3 Å². The molecule has 0 radical (unpaired) electrons. The number of thiazole rings is 1. The third-order valence-electron chi connectivity index (χ3n) is 3.35. The number of hydrogen-bond acceptors (Lipinski definition) is 4. The first kappa shape index (κ1) is 15.0. The van der Waals surface area contributed by atoms with Crippen molar-refractivity contribution in [3.63, 3.8) is 0 Å². The van der Waals surface area contributed by atoms with Crippen LogP contribution >= 0.6 is 22.9 Å². The van der Waals surface area contributed by atoms with E-state index >= 15 is 0 Å². The normalized spacial score (nSPS) is 14.8. The fourth-order valence-electron chi connectivity index (χ4n) is 2.26. The summed E-state index contributed by atoms with van der Waals surface area (Å²) >= 11 is 7.46. The molecule has 0 atom stereocenters. The summed E-state index contributed by atoms with van der Waals surface area (Å²) in [6.45, 7) is 1.19. The number of aromatic nitrogens is 1. The van der Waals surface area contributed by atoms with E-state index in [2.05, 4.69) is 10.3 Å². The lowest BCUT2D eigenvalue weighted by molar-refractivity contribution is -0.137. The van der Waals surface area contributed by atoms with E-state index in [1.165, 1.54) is 11.3 Å². The smallest absolute Gasteiger partial charge is 0.239 e. The van der Waals surface area contributed by atoms with Crippen molar-refractivity contribution in [3.8, 4) is 10.6 Å². The molecule has 1 aromatic heterocycles. The molecule has 2 amide bonds. The Hall–Kier alpha value is -1.92. The molecule has 0 spiro atoms. The van der Waals surface area contributed by atoms with Crippen molar-refractivity contribution in [1.29, 1.82) is 0 Å². The molecule has 0 bridgehead atoms. The Balaban J connectivity index is 1.69. The minimum atomic E-state index is -0.113. The average Bonchev–Trinajstić information content (AvgIpc) is 2.96. The molecule has 0 saturated carbocycles. The van der Waals surface area contributed by atoms with Crippen molar-refractivity contribution >= 4 is 34.8 Å². The predicted molar refractivity (Wildman–Crippen MR) is 85.9 cm³/mol. The minimum absolute atomic E-state index is 0.0715. The zero-order valence-electron chi connectivity index (χ0n) is 11.7. The second kappa shape index (κ2) is 6.46. The lowest BCUT2D eigenvalue weighted by atomic mass is 10.2. The highest BCUT2D eigenvalue weighted by molar-refractivity contribution is 7.13. The van der Waals surface area contributed by atoms with Crippen molar-refractivity contribution in [2.45, 2.75) is 6.42 Å². The average molecular weight is 336 g/mol. The van der Waals surface area contributed by atoms with Crippen molar-refractivity contribution in [2.24, 2.45) is 0 Å². The van der Waals surface area contributed by atoms with Crippen molar-refractivity contribution in [3.05, 3.63) is 40.4 Å². The molecule has 1 N–H and O–H groups in total. The molecular weight excluding hydrogens is 322 g/mol. The van der Waals surface area contributed by atoms with Crippen molar-refractivity contribution in [1.82, 2.24) is 15.2 Å². The van der Waals surface area contributed by atoms with Crippen molar-refractivity contribution < 1.29 is 9.59 Å². The van der Waals surface area contributed by atoms with Gasteiger partial charge in [0.25, 0.3) is 0 Å². The SMILES string of the molecule is O=C1CN(C(=O)Cc2csc(-c3cccc(Cl)c3)n2)CCN1. The number of halogens is 1. The molecule has 0 aliphatic carbocycles. The largest absolute Gasteiger partial charge is 0.353 e. The Morgan fingerprint density at radius 1 is 1.45 bits per heavy atom. The van der Waals surface area contributed by atoms with Gasteiger partial charge in [-0.05, 0) is 12.1 Å². The van der Waals surface area contributed by atoms with Gasteiger partial charge in [0.05, 0.1) is 18.7 Å². The van der Waals surface area contributed by atoms with Crippen LogP contribution in [0.25, 0.3) is 10.6 Å². The van der Waals surface area contributed by atoms with E-state index < -0.39 is 0 Å². The van der Waals surface area contributed by atoms with Gasteiger partial charge in [0, 0.05) is 29.1 Å². The molecule has 3 rings (SSSR count). The Morgan fingerprint density at radius 2 is 2.32 bits per heavy atom. The first-order chi connectivity index (χ1) is 10.6. The lowest BCUT2D eigenvalue weighted by Gasteiger charge is -2.26. The van der Waals surface area contributed by atoms with Crippen LogP contribution in [0.1, 0.15) is 5.69 Å². The molecule has 0 unspecified atom stereocenters. The van der Waals surface area contributed by atoms with Crippen LogP contribution in [0.3, 0.4) is 0 Å². The minimum Gasteiger partial charge on any atom is -0.353 e. The van der Waals surface area contributed by atoms with Gasteiger partial charge >= 0.3 is 0 Å². The molecule has 5 nitrogen and oxygen atoms in total. The highest BCUT2D eigenvalue weighted by Gasteiger charge is 2.21. The molecule has 1 aromatic carbocycles. The highest BCUT2D eigenvalue weighted by atomic mass is 35.5. The second-order valence-corrected chi connectivity index (χ2v) is 6.29. The monoisotopic (exact) mass is 335 g/mol. The maximum Gasteiger partial charge on any atom is 0.239 e. The molecule has 114 valence electrons. The van der Waals surface area contributed by atoms with Gasteiger partial charge in [-0.2, -0.15) is 0 Å². The van der Waals surface area contributed by atoms with Crippen LogP contribution in [-0.4, -0.2) is 41.3 Å². The molecule has 1 aliphatic rings. The zero-order valence-corrected chi connectivity index (χ0v) is 13.3. The van der Waals surface area contributed by atoms with E-state index in [1.807, 2.05) is 29.6 Å². The summed E-state index contributed by atoms with van der Waals surface area (Å²) in [7, 11) is 0. The second-order valence-electron chi connectivity index (χ2n) is 5.00. The number of nitrogens with one attached hydrogen (secondary N) is 1. The fraction of sp³-hybridized carbons (Fsp3) is 0.267. The van der Waals surface area contributed by atoms with Gasteiger partial charge < -0.3 is 10.2 Å². The third-order valence-corrected chi connectivity index (χ3v) is 4.52. The summed E-state index contributed by atoms with van der Waals surface area (Å²) in [4.78, 5) is 29.6. The summed E-state index contributed by atoms with van der Waals surface area (Å²) in [5.41, 5.74) is 1.66. The number of carbonyl (C=O) groups excluding carboxylic acids is 2. The van der Waals surface area contributed by atoms with Crippen LogP contribution in [-0.2, 0) is 16.0 Å². The molecule has 1 aliphatic heterocycles. The molecule has 22 heavy (non-hydrogen) atoms. The van der Waals surface area contributed by atoms with Crippen LogP contribution in [0.2, 0.25) is 5.02 Å². The van der Waals surface area contributed by atoms with Gasteiger partial charge in [0.1, 0.15) is 5.01 Å². The molecule has 1 saturated heterocycles. The number of rotatable bonds is 3. The summed E-state index contributed by atoms with van der Waals surface area (Å²) in [5, 5.41) is 6.07. The Kier molecular flexibility index (Phi) is 4.40. The number of nitrogens with zero attached hydrogens (tertiary/aromatic N) is 2. The number of carbonyl (C=O) groups is 2. The van der Waals surface area contributed by atoms with Gasteiger partial charge in [-0.25, -0.2) is 4.98 Å². The molecule has 2 aromatic rings. The van der Waals surface area contributed by atoms with Crippen LogP contribution in [0.5, 0.6) is 0 Å². The van der Waals surface area contributed by atoms with Gasteiger partial charge in [0.15, 0.2) is 0 Å². The first-order valence-electron chi connectivity index (χ1n) is 6.86. The Labute approximate surface area is 136 Å². The summed E-state index contributed by atoms with van der Waals surface area (Å²) in [6.07, 6.45) is 0.213. The summed E-state index contributed by atoms with van der Waals surface area (Å²) < 4.78 is 0. The van der Waals surface area contributed by atoms with E-state index in [1.54, 1.807) is 4.90 Å². The zero-order chi connectivity index (χ0) is 15.5. The molecular formula is C15H14ClN3O2S. The number of hydrogen-bond donors (Lipinski definition) is 1. The Bertz CT molecular complexity index is 716. The van der Waals surface area contributed by atoms with E-state index in [9.17, 15) is 9.59 Å². The van der Waals surface area contributed by atoms with E-state index in [4.69, 9.17) is 11.6 Å². The van der Waals surface area contributed by atoms with Crippen LogP contribution in [0.15, 0.2) is 29.6 Å². The number of amides is 2. The quantitative estimate of drug-likeness (QED) is 0.932. The number of piperazine rings is 1. The molecule has 1 fully saturated rings. The lowest BCUT2D eigenvalue weighted by Crippen LogP contribution is -2.50. The van der Waals surface area contributed by atoms with E-state index in [0.717, 1.165) is 16.3 Å². The number of benzene rings is 1. The van der Waals surface area contributed by atoms with E-state index in [0.29, 0.717) is 18.1 Å².